The zero-order chi connectivity index (χ0) is 27.7. The van der Waals surface area contributed by atoms with Crippen molar-refractivity contribution in [2.75, 3.05) is 57.8 Å². The van der Waals surface area contributed by atoms with Crippen molar-refractivity contribution in [3.63, 3.8) is 0 Å². The smallest absolute Gasteiger partial charge is 0.258 e. The number of anilines is 1. The van der Waals surface area contributed by atoms with Gasteiger partial charge in [-0.15, -0.1) is 0 Å². The number of hydrogen-bond acceptors (Lipinski definition) is 6. The van der Waals surface area contributed by atoms with Crippen molar-refractivity contribution in [2.24, 2.45) is 0 Å². The number of rotatable bonds is 6. The summed E-state index contributed by atoms with van der Waals surface area (Å²) in [7, 11) is 0. The van der Waals surface area contributed by atoms with E-state index in [4.69, 9.17) is 16.3 Å². The molecule has 2 aromatic rings. The number of morpholine rings is 1. The maximum atomic E-state index is 13.6. The van der Waals surface area contributed by atoms with Gasteiger partial charge in [-0.05, 0) is 55.7 Å². The number of nitrogens with one attached hydrogen (secondary N) is 1. The van der Waals surface area contributed by atoms with Crippen molar-refractivity contribution < 1.29 is 28.2 Å². The molecular weight excluding hydrogens is 530 g/mol. The fraction of sp³-hybridized carbons (Fsp3) is 0.500. The molecule has 0 radical (unpaired) electrons. The summed E-state index contributed by atoms with van der Waals surface area (Å²) in [5.41, 5.74) is -0.755. The SMILES string of the molecule is C[C@@](O)(C(=O)N1CCC(N2CC(Nc3ccc(C(=O)N4CCOCC4)c(Cl)c3)C2)CC1)c1cc(F)cc(F)c1. The molecule has 0 saturated carbocycles. The molecule has 210 valence electrons. The lowest BCUT2D eigenvalue weighted by Crippen LogP contribution is -2.61. The van der Waals surface area contributed by atoms with Crippen LogP contribution in [0.2, 0.25) is 5.02 Å². The Morgan fingerprint density at radius 3 is 2.26 bits per heavy atom. The average Bonchev–Trinajstić information content (AvgIpc) is 2.90. The van der Waals surface area contributed by atoms with Gasteiger partial charge in [0.25, 0.3) is 11.8 Å². The molecule has 3 saturated heterocycles. The highest BCUT2D eigenvalue weighted by molar-refractivity contribution is 6.34. The number of amides is 2. The summed E-state index contributed by atoms with van der Waals surface area (Å²) in [6.45, 7) is 6.06. The predicted octanol–water partition coefficient (Wildman–Crippen LogP) is 3.09. The van der Waals surface area contributed by atoms with Gasteiger partial charge >= 0.3 is 0 Å². The fourth-order valence-electron chi connectivity index (χ4n) is 5.55. The summed E-state index contributed by atoms with van der Waals surface area (Å²) in [5, 5.41) is 14.7. The Morgan fingerprint density at radius 1 is 1.00 bits per heavy atom. The molecule has 0 aliphatic carbocycles. The minimum atomic E-state index is -2.01. The minimum Gasteiger partial charge on any atom is -0.380 e. The molecule has 39 heavy (non-hydrogen) atoms. The average molecular weight is 563 g/mol. The quantitative estimate of drug-likeness (QED) is 0.563. The van der Waals surface area contributed by atoms with Crippen LogP contribution in [0.15, 0.2) is 36.4 Å². The summed E-state index contributed by atoms with van der Waals surface area (Å²) in [6, 6.07) is 8.67. The highest BCUT2D eigenvalue weighted by Crippen LogP contribution is 2.30. The van der Waals surface area contributed by atoms with Crippen LogP contribution in [0.1, 0.15) is 35.7 Å². The first-order valence-corrected chi connectivity index (χ1v) is 13.6. The second-order valence-corrected chi connectivity index (χ2v) is 11.1. The van der Waals surface area contributed by atoms with Crippen molar-refractivity contribution in [3.05, 3.63) is 64.2 Å². The number of ether oxygens (including phenoxy) is 1. The van der Waals surface area contributed by atoms with Crippen LogP contribution < -0.4 is 5.32 Å². The Bertz CT molecular complexity index is 1210. The zero-order valence-corrected chi connectivity index (χ0v) is 22.6. The van der Waals surface area contributed by atoms with Crippen LogP contribution in [0.4, 0.5) is 14.5 Å². The second kappa shape index (κ2) is 11.4. The largest absolute Gasteiger partial charge is 0.380 e. The number of likely N-dealkylation sites (tertiary alicyclic amines) is 2. The van der Waals surface area contributed by atoms with Crippen LogP contribution in [-0.2, 0) is 15.1 Å². The van der Waals surface area contributed by atoms with Crippen molar-refractivity contribution in [1.82, 2.24) is 14.7 Å². The Morgan fingerprint density at radius 2 is 1.64 bits per heavy atom. The molecule has 0 bridgehead atoms. The molecule has 8 nitrogen and oxygen atoms in total. The Balaban J connectivity index is 1.09. The van der Waals surface area contributed by atoms with Gasteiger partial charge in [0, 0.05) is 57.1 Å². The van der Waals surface area contributed by atoms with E-state index in [1.165, 1.54) is 6.92 Å². The molecule has 1 atom stereocenters. The lowest BCUT2D eigenvalue weighted by molar-refractivity contribution is -0.152. The van der Waals surface area contributed by atoms with E-state index in [2.05, 4.69) is 10.2 Å². The van der Waals surface area contributed by atoms with E-state index in [0.717, 1.165) is 43.8 Å². The summed E-state index contributed by atoms with van der Waals surface area (Å²) >= 11 is 6.45. The lowest BCUT2D eigenvalue weighted by Gasteiger charge is -2.48. The number of benzene rings is 2. The van der Waals surface area contributed by atoms with E-state index in [9.17, 15) is 23.5 Å². The van der Waals surface area contributed by atoms with Crippen molar-refractivity contribution in [1.29, 1.82) is 0 Å². The molecule has 0 aromatic heterocycles. The first-order valence-electron chi connectivity index (χ1n) is 13.3. The number of aliphatic hydroxyl groups is 1. The third kappa shape index (κ3) is 6.04. The first-order chi connectivity index (χ1) is 18.6. The van der Waals surface area contributed by atoms with Crippen LogP contribution in [0.5, 0.6) is 0 Å². The van der Waals surface area contributed by atoms with Crippen molar-refractivity contribution in [2.45, 2.75) is 37.5 Å². The van der Waals surface area contributed by atoms with E-state index in [1.807, 2.05) is 6.07 Å². The molecule has 2 N–H and O–H groups in total. The van der Waals surface area contributed by atoms with Gasteiger partial charge in [0.1, 0.15) is 11.6 Å². The third-order valence-corrected chi connectivity index (χ3v) is 8.20. The summed E-state index contributed by atoms with van der Waals surface area (Å²) < 4.78 is 32.6. The highest BCUT2D eigenvalue weighted by Gasteiger charge is 2.40. The standard InChI is InChI=1S/C28H33ClF2N4O4/c1-28(38,18-12-19(30)14-20(31)13-18)27(37)34-6-4-23(5-7-34)35-16-22(17-35)32-21-2-3-24(25(29)15-21)26(36)33-8-10-39-11-9-33/h2-3,12-15,22-23,32,38H,4-11,16-17H2,1H3/t28-/m0/s1. The predicted molar refractivity (Wildman–Crippen MR) is 143 cm³/mol. The molecule has 0 unspecified atom stereocenters. The van der Waals surface area contributed by atoms with Gasteiger partial charge < -0.3 is 25.0 Å². The normalized spacial score (nSPS) is 20.8. The molecule has 2 aromatic carbocycles. The molecule has 3 aliphatic rings. The van der Waals surface area contributed by atoms with Gasteiger partial charge in [0.05, 0.1) is 29.8 Å². The summed E-state index contributed by atoms with van der Waals surface area (Å²) in [6.07, 6.45) is 1.49. The van der Waals surface area contributed by atoms with Gasteiger partial charge in [0.15, 0.2) is 5.60 Å². The van der Waals surface area contributed by atoms with Crippen LogP contribution in [-0.4, -0.2) is 96.2 Å². The Labute approximate surface area is 231 Å². The monoisotopic (exact) mass is 562 g/mol. The van der Waals surface area contributed by atoms with Crippen molar-refractivity contribution >= 4 is 29.1 Å². The van der Waals surface area contributed by atoms with Crippen LogP contribution >= 0.6 is 11.6 Å². The van der Waals surface area contributed by atoms with Crippen molar-refractivity contribution in [3.8, 4) is 0 Å². The number of piperidine rings is 1. The van der Waals surface area contributed by atoms with Gasteiger partial charge in [-0.3, -0.25) is 14.5 Å². The maximum absolute atomic E-state index is 13.6. The second-order valence-electron chi connectivity index (χ2n) is 10.6. The number of carbonyl (C=O) groups is 2. The Hall–Kier alpha value is -2.79. The van der Waals surface area contributed by atoms with Gasteiger partial charge in [-0.25, -0.2) is 8.78 Å². The third-order valence-electron chi connectivity index (χ3n) is 7.89. The summed E-state index contributed by atoms with van der Waals surface area (Å²) in [5.74, 6) is -2.31. The minimum absolute atomic E-state index is 0.0842. The molecule has 2 amide bonds. The number of nitrogens with zero attached hydrogens (tertiary/aromatic N) is 3. The molecular formula is C28H33ClF2N4O4. The van der Waals surface area contributed by atoms with E-state index < -0.39 is 23.1 Å². The lowest BCUT2D eigenvalue weighted by atomic mass is 9.91. The number of hydrogen-bond donors (Lipinski definition) is 2. The van der Waals surface area contributed by atoms with Crippen LogP contribution in [0.25, 0.3) is 0 Å². The molecule has 3 fully saturated rings. The van der Waals surface area contributed by atoms with Gasteiger partial charge in [0.2, 0.25) is 0 Å². The first kappa shape index (κ1) is 27.8. The zero-order valence-electron chi connectivity index (χ0n) is 21.8. The van der Waals surface area contributed by atoms with E-state index >= 15 is 0 Å². The van der Waals surface area contributed by atoms with Gasteiger partial charge in [-0.1, -0.05) is 11.6 Å². The Kier molecular flexibility index (Phi) is 8.09. The van der Waals surface area contributed by atoms with E-state index in [0.29, 0.717) is 62.1 Å². The van der Waals surface area contributed by atoms with Crippen LogP contribution in [0.3, 0.4) is 0 Å². The maximum Gasteiger partial charge on any atom is 0.258 e. The number of halogens is 3. The molecule has 3 aliphatic heterocycles. The van der Waals surface area contributed by atoms with Gasteiger partial charge in [-0.2, -0.15) is 0 Å². The topological polar surface area (TPSA) is 85.3 Å². The summed E-state index contributed by atoms with van der Waals surface area (Å²) in [4.78, 5) is 31.4. The molecule has 5 rings (SSSR count). The molecule has 11 heteroatoms. The van der Waals surface area contributed by atoms with E-state index in [1.54, 1.807) is 21.9 Å². The molecule has 3 heterocycles. The number of carbonyl (C=O) groups excluding carboxylic acids is 2. The fourth-order valence-corrected chi connectivity index (χ4v) is 5.81. The van der Waals surface area contributed by atoms with E-state index in [-0.39, 0.29) is 17.5 Å². The molecule has 0 spiro atoms. The van der Waals surface area contributed by atoms with Crippen LogP contribution in [0, 0.1) is 11.6 Å². The highest BCUT2D eigenvalue weighted by atomic mass is 35.5.